The fourth-order valence-corrected chi connectivity index (χ4v) is 4.43. The van der Waals surface area contributed by atoms with Crippen molar-refractivity contribution in [3.8, 4) is 0 Å². The lowest BCUT2D eigenvalue weighted by Crippen LogP contribution is -2.40. The van der Waals surface area contributed by atoms with Gasteiger partial charge in [0, 0.05) is 25.0 Å². The average molecular weight is 344 g/mol. The number of halogens is 3. The van der Waals surface area contributed by atoms with Gasteiger partial charge in [0.25, 0.3) is 0 Å². The van der Waals surface area contributed by atoms with Gasteiger partial charge in [-0.15, -0.1) is 0 Å². The Kier molecular flexibility index (Phi) is 3.76. The highest BCUT2D eigenvalue weighted by Gasteiger charge is 2.35. The summed E-state index contributed by atoms with van der Waals surface area (Å²) in [6, 6.07) is 6.94. The van der Waals surface area contributed by atoms with Crippen LogP contribution in [0.3, 0.4) is 0 Å². The van der Waals surface area contributed by atoms with E-state index in [0.29, 0.717) is 6.54 Å². The number of rotatable bonds is 2. The number of hydrogen-bond donors (Lipinski definition) is 0. The standard InChI is InChI=1S/C15H15F3N2O2S/c1-11-14-3-2-8-19(14)9-10-20(11)23(21,22)13-6-4-12(5-7-13)15(16,17)18/h2-8,11H,9-10H2,1H3/t11-/m1/s1. The molecule has 1 aromatic heterocycles. The van der Waals surface area contributed by atoms with Gasteiger partial charge in [0.15, 0.2) is 0 Å². The lowest BCUT2D eigenvalue weighted by atomic mass is 10.2. The molecule has 0 unspecified atom stereocenters. The van der Waals surface area contributed by atoms with Crippen molar-refractivity contribution in [2.45, 2.75) is 30.6 Å². The zero-order chi connectivity index (χ0) is 16.8. The Balaban J connectivity index is 1.93. The molecule has 0 amide bonds. The summed E-state index contributed by atoms with van der Waals surface area (Å²) >= 11 is 0. The van der Waals surface area contributed by atoms with Gasteiger partial charge in [-0.1, -0.05) is 0 Å². The van der Waals surface area contributed by atoms with Gasteiger partial charge in [0.1, 0.15) is 0 Å². The molecule has 0 radical (unpaired) electrons. The molecule has 0 saturated heterocycles. The van der Waals surface area contributed by atoms with Crippen molar-refractivity contribution in [3.05, 3.63) is 53.9 Å². The first kappa shape index (κ1) is 16.1. The first-order valence-electron chi connectivity index (χ1n) is 7.05. The molecular weight excluding hydrogens is 329 g/mol. The molecule has 124 valence electrons. The first-order chi connectivity index (χ1) is 10.7. The number of aromatic nitrogens is 1. The van der Waals surface area contributed by atoms with Crippen LogP contribution in [0.1, 0.15) is 24.2 Å². The van der Waals surface area contributed by atoms with Crippen molar-refractivity contribution in [2.24, 2.45) is 0 Å². The monoisotopic (exact) mass is 344 g/mol. The van der Waals surface area contributed by atoms with Crippen LogP contribution < -0.4 is 0 Å². The quantitative estimate of drug-likeness (QED) is 0.839. The zero-order valence-corrected chi connectivity index (χ0v) is 13.1. The Bertz CT molecular complexity index is 810. The molecule has 2 aromatic rings. The van der Waals surface area contributed by atoms with Crippen molar-refractivity contribution in [1.29, 1.82) is 0 Å². The van der Waals surface area contributed by atoms with Crippen LogP contribution in [0, 0.1) is 0 Å². The summed E-state index contributed by atoms with van der Waals surface area (Å²) in [6.45, 7) is 2.57. The van der Waals surface area contributed by atoms with E-state index in [1.807, 2.05) is 22.9 Å². The van der Waals surface area contributed by atoms with Crippen molar-refractivity contribution in [3.63, 3.8) is 0 Å². The third-order valence-electron chi connectivity index (χ3n) is 4.07. The molecule has 0 aliphatic carbocycles. The number of nitrogens with zero attached hydrogens (tertiary/aromatic N) is 2. The minimum atomic E-state index is -4.48. The van der Waals surface area contributed by atoms with E-state index in [1.165, 1.54) is 4.31 Å². The predicted molar refractivity (Wildman–Crippen MR) is 78.2 cm³/mol. The topological polar surface area (TPSA) is 42.3 Å². The molecule has 0 bridgehead atoms. The largest absolute Gasteiger partial charge is 0.416 e. The summed E-state index contributed by atoms with van der Waals surface area (Å²) in [7, 11) is -3.84. The van der Waals surface area contributed by atoms with Gasteiger partial charge in [-0.25, -0.2) is 8.42 Å². The molecule has 0 N–H and O–H groups in total. The van der Waals surface area contributed by atoms with Crippen LogP contribution in [0.15, 0.2) is 47.5 Å². The summed E-state index contributed by atoms with van der Waals surface area (Å²) in [6.07, 6.45) is -2.60. The van der Waals surface area contributed by atoms with Crippen LogP contribution in [-0.4, -0.2) is 23.8 Å². The van der Waals surface area contributed by atoms with E-state index in [2.05, 4.69) is 0 Å². The van der Waals surface area contributed by atoms with Crippen LogP contribution >= 0.6 is 0 Å². The lowest BCUT2D eigenvalue weighted by Gasteiger charge is -2.33. The molecular formula is C15H15F3N2O2S. The maximum atomic E-state index is 12.7. The van der Waals surface area contributed by atoms with E-state index < -0.39 is 21.8 Å². The number of alkyl halides is 3. The first-order valence-corrected chi connectivity index (χ1v) is 8.49. The van der Waals surface area contributed by atoms with E-state index in [4.69, 9.17) is 0 Å². The van der Waals surface area contributed by atoms with Gasteiger partial charge in [-0.2, -0.15) is 17.5 Å². The summed E-state index contributed by atoms with van der Waals surface area (Å²) in [5, 5.41) is 0. The number of sulfonamides is 1. The third-order valence-corrected chi connectivity index (χ3v) is 6.06. The van der Waals surface area contributed by atoms with Crippen LogP contribution in [0.2, 0.25) is 0 Å². The number of hydrogen-bond acceptors (Lipinski definition) is 2. The maximum Gasteiger partial charge on any atom is 0.416 e. The number of benzene rings is 1. The second kappa shape index (κ2) is 5.38. The highest BCUT2D eigenvalue weighted by Crippen LogP contribution is 2.33. The van der Waals surface area contributed by atoms with E-state index in [1.54, 1.807) is 6.92 Å². The summed E-state index contributed by atoms with van der Waals surface area (Å²) in [5.41, 5.74) is 0.00348. The van der Waals surface area contributed by atoms with Crippen LogP contribution in [-0.2, 0) is 22.7 Å². The molecule has 2 heterocycles. The van der Waals surface area contributed by atoms with E-state index in [-0.39, 0.29) is 17.5 Å². The van der Waals surface area contributed by atoms with Crippen molar-refractivity contribution in [1.82, 2.24) is 8.87 Å². The molecule has 3 rings (SSSR count). The Morgan fingerprint density at radius 2 is 1.74 bits per heavy atom. The van der Waals surface area contributed by atoms with Gasteiger partial charge in [0.2, 0.25) is 10.0 Å². The minimum absolute atomic E-state index is 0.127. The van der Waals surface area contributed by atoms with Crippen LogP contribution in [0.4, 0.5) is 13.2 Å². The fraction of sp³-hybridized carbons (Fsp3) is 0.333. The minimum Gasteiger partial charge on any atom is -0.349 e. The predicted octanol–water partition coefficient (Wildman–Crippen LogP) is 3.27. The third kappa shape index (κ3) is 2.76. The molecule has 0 fully saturated rings. The second-order valence-electron chi connectivity index (χ2n) is 5.44. The molecule has 4 nitrogen and oxygen atoms in total. The Labute approximate surface area is 132 Å². The van der Waals surface area contributed by atoms with E-state index in [0.717, 1.165) is 30.0 Å². The fourth-order valence-electron chi connectivity index (χ4n) is 2.84. The molecule has 1 aliphatic heterocycles. The normalized spacial score (nSPS) is 19.6. The summed E-state index contributed by atoms with van der Waals surface area (Å²) in [5.74, 6) is 0. The van der Waals surface area contributed by atoms with Crippen molar-refractivity contribution in [2.75, 3.05) is 6.54 Å². The van der Waals surface area contributed by atoms with Gasteiger partial charge < -0.3 is 4.57 Å². The SMILES string of the molecule is C[C@@H]1c2cccn2CCN1S(=O)(=O)c1ccc(C(F)(F)F)cc1. The lowest BCUT2D eigenvalue weighted by molar-refractivity contribution is -0.137. The summed E-state index contributed by atoms with van der Waals surface area (Å²) < 4.78 is 66.6. The number of fused-ring (bicyclic) bond motifs is 1. The smallest absolute Gasteiger partial charge is 0.349 e. The molecule has 0 saturated carbocycles. The maximum absolute atomic E-state index is 12.7. The molecule has 0 spiro atoms. The van der Waals surface area contributed by atoms with Gasteiger partial charge in [0.05, 0.1) is 16.5 Å². The molecule has 1 aromatic carbocycles. The van der Waals surface area contributed by atoms with Crippen LogP contribution in [0.25, 0.3) is 0 Å². The molecule has 1 aliphatic rings. The molecule has 1 atom stereocenters. The van der Waals surface area contributed by atoms with Crippen molar-refractivity contribution >= 4 is 10.0 Å². The van der Waals surface area contributed by atoms with Crippen LogP contribution in [0.5, 0.6) is 0 Å². The zero-order valence-electron chi connectivity index (χ0n) is 12.3. The second-order valence-corrected chi connectivity index (χ2v) is 7.33. The molecule has 8 heteroatoms. The van der Waals surface area contributed by atoms with Gasteiger partial charge in [-0.05, 0) is 43.3 Å². The highest BCUT2D eigenvalue weighted by molar-refractivity contribution is 7.89. The Morgan fingerprint density at radius 1 is 1.09 bits per heavy atom. The average Bonchev–Trinajstić information content (AvgIpc) is 2.96. The van der Waals surface area contributed by atoms with E-state index in [9.17, 15) is 21.6 Å². The van der Waals surface area contributed by atoms with E-state index >= 15 is 0 Å². The van der Waals surface area contributed by atoms with Gasteiger partial charge >= 0.3 is 6.18 Å². The Hall–Kier alpha value is -1.80. The Morgan fingerprint density at radius 3 is 2.35 bits per heavy atom. The summed E-state index contributed by atoms with van der Waals surface area (Å²) in [4.78, 5) is -0.127. The van der Waals surface area contributed by atoms with Gasteiger partial charge in [-0.3, -0.25) is 0 Å². The highest BCUT2D eigenvalue weighted by atomic mass is 32.2. The molecule has 23 heavy (non-hydrogen) atoms. The van der Waals surface area contributed by atoms with Crippen molar-refractivity contribution < 1.29 is 21.6 Å².